The van der Waals surface area contributed by atoms with Gasteiger partial charge in [0.25, 0.3) is 7.82 Å². The van der Waals surface area contributed by atoms with Crippen LogP contribution >= 0.6 is 7.82 Å². The highest BCUT2D eigenvalue weighted by Crippen LogP contribution is 2.38. The van der Waals surface area contributed by atoms with Crippen LogP contribution in [0, 0.1) is 0 Å². The van der Waals surface area contributed by atoms with E-state index in [1.165, 1.54) is 186 Å². The van der Waals surface area contributed by atoms with Crippen LogP contribution in [0.4, 0.5) is 0 Å². The van der Waals surface area contributed by atoms with Crippen molar-refractivity contribution in [2.24, 2.45) is 0 Å². The van der Waals surface area contributed by atoms with Crippen LogP contribution in [0.1, 0.15) is 251 Å². The molecule has 0 radical (unpaired) electrons. The van der Waals surface area contributed by atoms with Gasteiger partial charge in [-0.2, -0.15) is 0 Å². The van der Waals surface area contributed by atoms with Crippen LogP contribution in [0.25, 0.3) is 0 Å². The minimum atomic E-state index is -4.59. The first kappa shape index (κ1) is 61.7. The maximum Gasteiger partial charge on any atom is 0.268 e. The number of nitrogens with one attached hydrogen (secondary N) is 1. The summed E-state index contributed by atoms with van der Waals surface area (Å²) in [6.07, 6.45) is 57.7. The van der Waals surface area contributed by atoms with Crippen LogP contribution in [0.2, 0.25) is 0 Å². The molecule has 0 aromatic carbocycles. The van der Waals surface area contributed by atoms with Gasteiger partial charge in [0.1, 0.15) is 13.2 Å². The molecule has 372 valence electrons. The number of likely N-dealkylation sites (N-methyl/N-ethyl adjacent to an activating group) is 1. The third kappa shape index (κ3) is 48.5. The normalized spacial score (nSPS) is 14.3. The molecule has 0 heterocycles. The molecule has 0 aromatic heterocycles. The average Bonchev–Trinajstić information content (AvgIpc) is 3.24. The maximum absolute atomic E-state index is 12.9. The first-order valence-corrected chi connectivity index (χ1v) is 28.3. The smallest absolute Gasteiger partial charge is 0.268 e. The van der Waals surface area contributed by atoms with Crippen molar-refractivity contribution in [2.45, 2.75) is 264 Å². The Morgan fingerprint density at radius 3 is 1.35 bits per heavy atom. The zero-order valence-electron chi connectivity index (χ0n) is 42.3. The summed E-state index contributed by atoms with van der Waals surface area (Å²) >= 11 is 0. The van der Waals surface area contributed by atoms with E-state index in [2.05, 4.69) is 43.5 Å². The number of carbonyl (C=O) groups excluding carboxylic acids is 1. The topological polar surface area (TPSA) is 108 Å². The van der Waals surface area contributed by atoms with Crippen molar-refractivity contribution in [3.8, 4) is 0 Å². The number of nitrogens with zero attached hydrogens (tertiary/aromatic N) is 1. The molecule has 0 bridgehead atoms. The molecule has 0 saturated carbocycles. The molecule has 1 amide bonds. The van der Waals surface area contributed by atoms with Crippen molar-refractivity contribution >= 4 is 13.7 Å². The third-order valence-corrected chi connectivity index (χ3v) is 13.1. The van der Waals surface area contributed by atoms with Crippen molar-refractivity contribution in [1.29, 1.82) is 0 Å². The molecule has 0 saturated heterocycles. The van der Waals surface area contributed by atoms with Crippen molar-refractivity contribution in [3.63, 3.8) is 0 Å². The molecular formula is C54H105N2O6P. The van der Waals surface area contributed by atoms with E-state index in [9.17, 15) is 19.4 Å². The zero-order valence-corrected chi connectivity index (χ0v) is 43.2. The molecule has 0 aliphatic carbocycles. The molecule has 0 aliphatic rings. The van der Waals surface area contributed by atoms with Crippen LogP contribution in [-0.4, -0.2) is 68.5 Å². The fourth-order valence-corrected chi connectivity index (χ4v) is 8.55. The van der Waals surface area contributed by atoms with Crippen molar-refractivity contribution in [3.05, 3.63) is 36.5 Å². The van der Waals surface area contributed by atoms with Gasteiger partial charge >= 0.3 is 0 Å². The largest absolute Gasteiger partial charge is 0.756 e. The number of phosphoric acid groups is 1. The summed E-state index contributed by atoms with van der Waals surface area (Å²) in [6.45, 7) is 4.65. The number of hydrogen-bond acceptors (Lipinski definition) is 6. The van der Waals surface area contributed by atoms with Gasteiger partial charge in [-0.05, 0) is 51.4 Å². The minimum absolute atomic E-state index is 0.00158. The van der Waals surface area contributed by atoms with Gasteiger partial charge in [0, 0.05) is 6.42 Å². The van der Waals surface area contributed by atoms with Crippen LogP contribution in [0.5, 0.6) is 0 Å². The first-order chi connectivity index (χ1) is 30.5. The van der Waals surface area contributed by atoms with Crippen molar-refractivity contribution in [1.82, 2.24) is 5.32 Å². The van der Waals surface area contributed by atoms with Crippen LogP contribution in [0.3, 0.4) is 0 Å². The number of carbonyl (C=O) groups is 1. The van der Waals surface area contributed by atoms with E-state index in [0.29, 0.717) is 17.4 Å². The number of hydrogen-bond donors (Lipinski definition) is 2. The summed E-state index contributed by atoms with van der Waals surface area (Å²) in [6, 6.07) is -0.888. The Morgan fingerprint density at radius 2 is 0.921 bits per heavy atom. The van der Waals surface area contributed by atoms with Gasteiger partial charge in [0.2, 0.25) is 5.91 Å². The predicted molar refractivity (Wildman–Crippen MR) is 270 cm³/mol. The number of rotatable bonds is 49. The number of quaternary nitrogens is 1. The summed E-state index contributed by atoms with van der Waals surface area (Å²) in [5.74, 6) is -0.200. The molecule has 0 aliphatic heterocycles. The second-order valence-electron chi connectivity index (χ2n) is 19.6. The van der Waals surface area contributed by atoms with Crippen molar-refractivity contribution < 1.29 is 32.9 Å². The minimum Gasteiger partial charge on any atom is -0.756 e. The monoisotopic (exact) mass is 909 g/mol. The lowest BCUT2D eigenvalue weighted by Crippen LogP contribution is -2.45. The van der Waals surface area contributed by atoms with E-state index in [1.807, 2.05) is 27.2 Å². The molecule has 0 fully saturated rings. The number of aliphatic hydroxyl groups excluding tert-OH is 1. The maximum atomic E-state index is 12.9. The lowest BCUT2D eigenvalue weighted by molar-refractivity contribution is -0.870. The predicted octanol–water partition coefficient (Wildman–Crippen LogP) is 15.2. The summed E-state index contributed by atoms with van der Waals surface area (Å²) < 4.78 is 23.3. The standard InChI is InChI=1S/C54H105N2O6P/c1-6-8-10-12-14-16-18-20-22-24-26-27-28-30-31-33-35-37-39-41-43-45-47-53(57)52(51-62-63(59,60)61-50-49-56(3,4)5)55-54(58)48-46-44-42-40-38-36-34-32-29-25-23-21-19-17-15-13-11-9-7-2/h15,17,21,23,45,47,52-53,57H,6-14,16,18-20,22,24-44,46,48-51H2,1-5H3,(H-,55,58,59,60)/b17-15-,23-21-,47-45+. The van der Waals surface area contributed by atoms with Gasteiger partial charge in [0.05, 0.1) is 39.9 Å². The highest BCUT2D eigenvalue weighted by molar-refractivity contribution is 7.45. The Bertz CT molecular complexity index is 1120. The van der Waals surface area contributed by atoms with Gasteiger partial charge in [-0.3, -0.25) is 9.36 Å². The second-order valence-corrected chi connectivity index (χ2v) is 21.0. The first-order valence-electron chi connectivity index (χ1n) is 26.9. The van der Waals surface area contributed by atoms with Crippen LogP contribution in [-0.2, 0) is 18.4 Å². The van der Waals surface area contributed by atoms with E-state index in [4.69, 9.17) is 9.05 Å². The number of aliphatic hydroxyl groups is 1. The molecule has 63 heavy (non-hydrogen) atoms. The molecule has 0 spiro atoms. The number of amides is 1. The summed E-state index contributed by atoms with van der Waals surface area (Å²) in [5, 5.41) is 13.9. The third-order valence-electron chi connectivity index (χ3n) is 12.1. The Hall–Kier alpha value is -1.28. The second kappa shape index (κ2) is 45.9. The molecule has 0 rings (SSSR count). The number of unbranched alkanes of at least 4 members (excludes halogenated alkanes) is 32. The number of allylic oxidation sites excluding steroid dienone is 5. The van der Waals surface area contributed by atoms with Gasteiger partial charge < -0.3 is 28.8 Å². The van der Waals surface area contributed by atoms with Crippen LogP contribution in [0.15, 0.2) is 36.5 Å². The molecule has 3 unspecified atom stereocenters. The van der Waals surface area contributed by atoms with E-state index in [-0.39, 0.29) is 19.1 Å². The molecule has 3 atom stereocenters. The van der Waals surface area contributed by atoms with Gasteiger partial charge in [-0.25, -0.2) is 0 Å². The Balaban J connectivity index is 4.28. The molecule has 2 N–H and O–H groups in total. The SMILES string of the molecule is CCCCC/C=C\C/C=C\CCCCCCCCCCCC(=O)NC(COP(=O)([O-])OCC[N+](C)(C)C)C(O)/C=C/CCCCCCCCCCCCCCCCCCCCCC. The molecule has 9 heteroatoms. The Morgan fingerprint density at radius 1 is 0.556 bits per heavy atom. The van der Waals surface area contributed by atoms with Crippen LogP contribution < -0.4 is 10.2 Å². The highest BCUT2D eigenvalue weighted by atomic mass is 31.2. The summed E-state index contributed by atoms with van der Waals surface area (Å²) in [4.78, 5) is 25.4. The van der Waals surface area contributed by atoms with E-state index < -0.39 is 20.0 Å². The van der Waals surface area contributed by atoms with E-state index in [1.54, 1.807) is 6.08 Å². The van der Waals surface area contributed by atoms with Crippen molar-refractivity contribution in [2.75, 3.05) is 40.9 Å². The lowest BCUT2D eigenvalue weighted by atomic mass is 10.0. The molecular weight excluding hydrogens is 804 g/mol. The molecule has 8 nitrogen and oxygen atoms in total. The fraction of sp³-hybridized carbons (Fsp3) is 0.870. The fourth-order valence-electron chi connectivity index (χ4n) is 7.83. The van der Waals surface area contributed by atoms with E-state index >= 15 is 0 Å². The average molecular weight is 909 g/mol. The van der Waals surface area contributed by atoms with Gasteiger partial charge in [-0.15, -0.1) is 0 Å². The number of phosphoric ester groups is 1. The Labute approximate surface area is 391 Å². The summed E-state index contributed by atoms with van der Waals surface area (Å²) in [7, 11) is 1.26. The Kier molecular flexibility index (Phi) is 44.9. The highest BCUT2D eigenvalue weighted by Gasteiger charge is 2.23. The molecule has 0 aromatic rings. The summed E-state index contributed by atoms with van der Waals surface area (Å²) in [5.41, 5.74) is 0. The van der Waals surface area contributed by atoms with Gasteiger partial charge in [-0.1, -0.05) is 230 Å². The quantitative estimate of drug-likeness (QED) is 0.0272. The van der Waals surface area contributed by atoms with Gasteiger partial charge in [0.15, 0.2) is 0 Å². The zero-order chi connectivity index (χ0) is 46.4. The lowest BCUT2D eigenvalue weighted by Gasteiger charge is -2.29. The van der Waals surface area contributed by atoms with E-state index in [0.717, 1.165) is 44.9 Å².